The van der Waals surface area contributed by atoms with Gasteiger partial charge in [-0.15, -0.1) is 5.10 Å². The summed E-state index contributed by atoms with van der Waals surface area (Å²) in [5, 5.41) is 8.52. The predicted molar refractivity (Wildman–Crippen MR) is 59.5 cm³/mol. The molecule has 0 atom stereocenters. The van der Waals surface area contributed by atoms with Gasteiger partial charge in [0.25, 0.3) is 0 Å². The number of hydrogen-bond acceptors (Lipinski definition) is 3. The smallest absolute Gasteiger partial charge is 0.0886 e. The van der Waals surface area contributed by atoms with E-state index in [1.54, 1.807) is 10.9 Å². The molecule has 1 aromatic carbocycles. The Kier molecular flexibility index (Phi) is 2.99. The number of nitrogens with two attached hydrogens (primary N) is 1. The van der Waals surface area contributed by atoms with E-state index < -0.39 is 0 Å². The molecule has 1 aromatic heterocycles. The Bertz CT molecular complexity index is 452. The van der Waals surface area contributed by atoms with Crippen molar-refractivity contribution in [1.82, 2.24) is 15.0 Å². The minimum absolute atomic E-state index is 0.539. The van der Waals surface area contributed by atoms with Crippen molar-refractivity contribution in [3.63, 3.8) is 0 Å². The van der Waals surface area contributed by atoms with Crippen molar-refractivity contribution < 1.29 is 0 Å². The molecule has 0 fully saturated rings. The van der Waals surface area contributed by atoms with Crippen LogP contribution < -0.4 is 5.73 Å². The van der Waals surface area contributed by atoms with Crippen LogP contribution in [0.1, 0.15) is 0 Å². The fourth-order valence-electron chi connectivity index (χ4n) is 1.42. The van der Waals surface area contributed by atoms with Crippen molar-refractivity contribution in [3.05, 3.63) is 35.5 Å². The van der Waals surface area contributed by atoms with Crippen LogP contribution in [0.25, 0.3) is 11.3 Å². The van der Waals surface area contributed by atoms with Crippen LogP contribution in [0, 0.1) is 0 Å². The maximum Gasteiger partial charge on any atom is 0.0886 e. The number of rotatable bonds is 3. The Morgan fingerprint density at radius 2 is 2.27 bits per heavy atom. The standard InChI is InChI=1S/C10H11ClN4/c11-9-3-1-2-8(6-9)10-7-13-14-15(10)5-4-12/h1-3,6-7H,4-5,12H2. The van der Waals surface area contributed by atoms with Crippen LogP contribution in [0.2, 0.25) is 5.02 Å². The van der Waals surface area contributed by atoms with Gasteiger partial charge < -0.3 is 5.73 Å². The summed E-state index contributed by atoms with van der Waals surface area (Å²) in [7, 11) is 0. The zero-order chi connectivity index (χ0) is 10.7. The van der Waals surface area contributed by atoms with Gasteiger partial charge in [-0.1, -0.05) is 28.9 Å². The highest BCUT2D eigenvalue weighted by molar-refractivity contribution is 6.30. The van der Waals surface area contributed by atoms with Crippen molar-refractivity contribution in [3.8, 4) is 11.3 Å². The molecule has 0 spiro atoms. The summed E-state index contributed by atoms with van der Waals surface area (Å²) in [6.45, 7) is 1.19. The van der Waals surface area contributed by atoms with Crippen LogP contribution in [-0.4, -0.2) is 21.5 Å². The molecule has 0 aliphatic rings. The average molecular weight is 223 g/mol. The van der Waals surface area contributed by atoms with E-state index in [9.17, 15) is 0 Å². The number of aromatic nitrogens is 3. The molecule has 2 N–H and O–H groups in total. The lowest BCUT2D eigenvalue weighted by Crippen LogP contribution is -2.12. The van der Waals surface area contributed by atoms with E-state index in [0.29, 0.717) is 18.1 Å². The highest BCUT2D eigenvalue weighted by Crippen LogP contribution is 2.21. The second kappa shape index (κ2) is 4.42. The third-order valence-corrected chi connectivity index (χ3v) is 2.31. The van der Waals surface area contributed by atoms with Gasteiger partial charge in [0.15, 0.2) is 0 Å². The quantitative estimate of drug-likeness (QED) is 0.858. The topological polar surface area (TPSA) is 56.7 Å². The Morgan fingerprint density at radius 1 is 1.40 bits per heavy atom. The van der Waals surface area contributed by atoms with Gasteiger partial charge in [-0.25, -0.2) is 4.68 Å². The Balaban J connectivity index is 2.40. The molecular weight excluding hydrogens is 212 g/mol. The van der Waals surface area contributed by atoms with Gasteiger partial charge in [0.1, 0.15) is 0 Å². The Morgan fingerprint density at radius 3 is 3.00 bits per heavy atom. The van der Waals surface area contributed by atoms with Gasteiger partial charge in [0.2, 0.25) is 0 Å². The number of benzene rings is 1. The highest BCUT2D eigenvalue weighted by Gasteiger charge is 2.05. The molecule has 78 valence electrons. The van der Waals surface area contributed by atoms with E-state index in [2.05, 4.69) is 10.3 Å². The van der Waals surface area contributed by atoms with Crippen LogP contribution in [0.3, 0.4) is 0 Å². The van der Waals surface area contributed by atoms with Crippen molar-refractivity contribution in [2.75, 3.05) is 6.54 Å². The molecule has 0 bridgehead atoms. The summed E-state index contributed by atoms with van der Waals surface area (Å²) < 4.78 is 1.77. The summed E-state index contributed by atoms with van der Waals surface area (Å²) in [6, 6.07) is 7.59. The summed E-state index contributed by atoms with van der Waals surface area (Å²) in [4.78, 5) is 0. The predicted octanol–water partition coefficient (Wildman–Crippen LogP) is 1.56. The van der Waals surface area contributed by atoms with Crippen LogP contribution in [0.4, 0.5) is 0 Å². The molecule has 0 saturated heterocycles. The first kappa shape index (κ1) is 10.1. The summed E-state index contributed by atoms with van der Waals surface area (Å²) in [6.07, 6.45) is 1.71. The molecule has 0 aliphatic heterocycles. The lowest BCUT2D eigenvalue weighted by Gasteiger charge is -2.04. The second-order valence-corrected chi connectivity index (χ2v) is 3.58. The maximum absolute atomic E-state index is 5.92. The first-order valence-corrected chi connectivity index (χ1v) is 5.03. The van der Waals surface area contributed by atoms with Crippen LogP contribution in [-0.2, 0) is 6.54 Å². The monoisotopic (exact) mass is 222 g/mol. The first-order valence-electron chi connectivity index (χ1n) is 4.66. The second-order valence-electron chi connectivity index (χ2n) is 3.14. The lowest BCUT2D eigenvalue weighted by atomic mass is 10.2. The molecule has 4 nitrogen and oxygen atoms in total. The fraction of sp³-hybridized carbons (Fsp3) is 0.200. The van der Waals surface area contributed by atoms with Crippen LogP contribution in [0.15, 0.2) is 30.5 Å². The molecule has 0 unspecified atom stereocenters. The largest absolute Gasteiger partial charge is 0.329 e. The van der Waals surface area contributed by atoms with Gasteiger partial charge >= 0.3 is 0 Å². The van der Waals surface area contributed by atoms with E-state index in [1.165, 1.54) is 0 Å². The summed E-state index contributed by atoms with van der Waals surface area (Å²) in [5.74, 6) is 0. The van der Waals surface area contributed by atoms with Gasteiger partial charge in [0, 0.05) is 17.1 Å². The molecule has 1 heterocycles. The van der Waals surface area contributed by atoms with Crippen molar-refractivity contribution in [1.29, 1.82) is 0 Å². The van der Waals surface area contributed by atoms with Gasteiger partial charge in [-0.05, 0) is 12.1 Å². The van der Waals surface area contributed by atoms with E-state index in [1.807, 2.05) is 24.3 Å². The molecule has 0 saturated carbocycles. The zero-order valence-corrected chi connectivity index (χ0v) is 8.85. The molecule has 0 aliphatic carbocycles. The molecule has 2 aromatic rings. The Hall–Kier alpha value is -1.39. The van der Waals surface area contributed by atoms with E-state index in [-0.39, 0.29) is 0 Å². The first-order chi connectivity index (χ1) is 7.31. The molecular formula is C10H11ClN4. The third kappa shape index (κ3) is 2.16. The normalized spacial score (nSPS) is 10.5. The maximum atomic E-state index is 5.92. The zero-order valence-electron chi connectivity index (χ0n) is 8.10. The van der Waals surface area contributed by atoms with Gasteiger partial charge in [-0.3, -0.25) is 0 Å². The fourth-order valence-corrected chi connectivity index (χ4v) is 1.61. The molecule has 0 radical (unpaired) electrons. The van der Waals surface area contributed by atoms with E-state index >= 15 is 0 Å². The molecule has 0 amide bonds. The number of hydrogen-bond donors (Lipinski definition) is 1. The molecule has 2 rings (SSSR count). The minimum atomic E-state index is 0.539. The Labute approximate surface area is 92.7 Å². The average Bonchev–Trinajstić information content (AvgIpc) is 2.66. The van der Waals surface area contributed by atoms with Crippen molar-refractivity contribution >= 4 is 11.6 Å². The summed E-state index contributed by atoms with van der Waals surface area (Å²) in [5.41, 5.74) is 7.42. The molecule has 5 heteroatoms. The van der Waals surface area contributed by atoms with E-state index in [0.717, 1.165) is 11.3 Å². The lowest BCUT2D eigenvalue weighted by molar-refractivity contribution is 0.604. The SMILES string of the molecule is NCCn1nncc1-c1cccc(Cl)c1. The highest BCUT2D eigenvalue weighted by atomic mass is 35.5. The summed E-state index contributed by atoms with van der Waals surface area (Å²) >= 11 is 5.92. The van der Waals surface area contributed by atoms with Gasteiger partial charge in [0.05, 0.1) is 18.4 Å². The minimum Gasteiger partial charge on any atom is -0.329 e. The third-order valence-electron chi connectivity index (χ3n) is 2.08. The van der Waals surface area contributed by atoms with Crippen molar-refractivity contribution in [2.45, 2.75) is 6.54 Å². The molecule has 15 heavy (non-hydrogen) atoms. The van der Waals surface area contributed by atoms with E-state index in [4.69, 9.17) is 17.3 Å². The van der Waals surface area contributed by atoms with Crippen LogP contribution in [0.5, 0.6) is 0 Å². The number of halogens is 1. The number of nitrogens with zero attached hydrogens (tertiary/aromatic N) is 3. The van der Waals surface area contributed by atoms with Crippen molar-refractivity contribution in [2.24, 2.45) is 5.73 Å². The van der Waals surface area contributed by atoms with Crippen LogP contribution >= 0.6 is 11.6 Å². The van der Waals surface area contributed by atoms with Gasteiger partial charge in [-0.2, -0.15) is 0 Å².